The predicted molar refractivity (Wildman–Crippen MR) is 173 cm³/mol. The largest absolute Gasteiger partial charge is 0.489 e. The first kappa shape index (κ1) is 38.7. The van der Waals surface area contributed by atoms with Gasteiger partial charge in [-0.05, 0) is 111 Å². The summed E-state index contributed by atoms with van der Waals surface area (Å²) in [4.78, 5) is 26.9. The van der Waals surface area contributed by atoms with Crippen LogP contribution in [0, 0.1) is 17.5 Å². The average Bonchev–Trinajstić information content (AvgIpc) is 2.92. The quantitative estimate of drug-likeness (QED) is 0.309. The van der Waals surface area contributed by atoms with Crippen LogP contribution >= 0.6 is 31.9 Å². The molecule has 0 spiro atoms. The van der Waals surface area contributed by atoms with E-state index in [9.17, 15) is 27.9 Å². The molecule has 0 radical (unpaired) electrons. The Hall–Kier alpha value is -2.51. The van der Waals surface area contributed by atoms with Gasteiger partial charge in [0.2, 0.25) is 0 Å². The van der Waals surface area contributed by atoms with Crippen LogP contribution < -0.4 is 4.74 Å². The lowest BCUT2D eigenvalue weighted by atomic mass is 10.1. The second-order valence-electron chi connectivity index (χ2n) is 12.6. The molecular formula is C32H43Br2F3N2O6. The zero-order valence-electron chi connectivity index (χ0n) is 26.5. The lowest BCUT2D eigenvalue weighted by Crippen LogP contribution is -2.44. The van der Waals surface area contributed by atoms with Crippen LogP contribution in [0.1, 0.15) is 67.2 Å². The number of aliphatic hydroxyl groups is 1. The minimum absolute atomic E-state index is 0.0308. The van der Waals surface area contributed by atoms with Gasteiger partial charge in [-0.2, -0.15) is 0 Å². The highest BCUT2D eigenvalue weighted by Gasteiger charge is 2.28. The van der Waals surface area contributed by atoms with E-state index in [-0.39, 0.29) is 34.7 Å². The number of hydrogen-bond acceptors (Lipinski definition) is 6. The number of benzene rings is 2. The summed E-state index contributed by atoms with van der Waals surface area (Å²) in [5.41, 5.74) is -0.927. The van der Waals surface area contributed by atoms with Gasteiger partial charge in [0.05, 0.1) is 15.0 Å². The summed E-state index contributed by atoms with van der Waals surface area (Å²) in [5, 5.41) is 9.26. The number of aliphatic hydroxyl groups excluding tert-OH is 1. The van der Waals surface area contributed by atoms with Crippen LogP contribution in [0.15, 0.2) is 45.3 Å². The van der Waals surface area contributed by atoms with Gasteiger partial charge >= 0.3 is 12.2 Å². The number of piperidine rings is 2. The highest BCUT2D eigenvalue weighted by Crippen LogP contribution is 2.29. The Morgan fingerprint density at radius 3 is 1.58 bits per heavy atom. The van der Waals surface area contributed by atoms with Gasteiger partial charge in [0.15, 0.2) is 0 Å². The van der Waals surface area contributed by atoms with Crippen molar-refractivity contribution in [3.63, 3.8) is 0 Å². The summed E-state index contributed by atoms with van der Waals surface area (Å²) in [6, 6.07) is 7.70. The molecule has 45 heavy (non-hydrogen) atoms. The van der Waals surface area contributed by atoms with Crippen molar-refractivity contribution in [3.8, 4) is 5.75 Å². The van der Waals surface area contributed by atoms with Crippen molar-refractivity contribution in [1.29, 1.82) is 0 Å². The second kappa shape index (κ2) is 17.4. The van der Waals surface area contributed by atoms with Crippen molar-refractivity contribution < 1.29 is 42.1 Å². The van der Waals surface area contributed by atoms with Gasteiger partial charge in [0.25, 0.3) is 0 Å². The SMILES string of the molecule is CC(C)(C)OC(=O)N1CCC(O)CC1.CC(C)(C)OC(=O)N1CCC(Oc2cc(F)ccc2Br)CC1.Fc1ccc(Br)c(F)c1. The number of carbonyl (C=O) groups excluding carboxylic acids is 2. The summed E-state index contributed by atoms with van der Waals surface area (Å²) in [6.07, 6.45) is 1.84. The Balaban J connectivity index is 0.000000261. The number of nitrogens with zero attached hydrogens (tertiary/aromatic N) is 2. The molecule has 0 atom stereocenters. The minimum Gasteiger partial charge on any atom is -0.489 e. The first-order valence-electron chi connectivity index (χ1n) is 14.7. The summed E-state index contributed by atoms with van der Waals surface area (Å²) in [5.74, 6) is -0.967. The van der Waals surface area contributed by atoms with Crippen LogP contribution in [-0.2, 0) is 9.47 Å². The van der Waals surface area contributed by atoms with Crippen LogP contribution in [0.2, 0.25) is 0 Å². The Labute approximate surface area is 280 Å². The van der Waals surface area contributed by atoms with Gasteiger partial charge in [-0.1, -0.05) is 0 Å². The fourth-order valence-electron chi connectivity index (χ4n) is 4.08. The smallest absolute Gasteiger partial charge is 0.410 e. The molecule has 2 aromatic rings. The average molecular weight is 769 g/mol. The Kier molecular flexibility index (Phi) is 15.0. The summed E-state index contributed by atoms with van der Waals surface area (Å²) in [7, 11) is 0. The van der Waals surface area contributed by atoms with Crippen LogP contribution in [0.3, 0.4) is 0 Å². The Morgan fingerprint density at radius 1 is 0.733 bits per heavy atom. The van der Waals surface area contributed by atoms with Crippen molar-refractivity contribution in [2.24, 2.45) is 0 Å². The van der Waals surface area contributed by atoms with E-state index in [1.54, 1.807) is 15.9 Å². The van der Waals surface area contributed by atoms with E-state index in [0.29, 0.717) is 57.6 Å². The van der Waals surface area contributed by atoms with Gasteiger partial charge < -0.3 is 29.1 Å². The predicted octanol–water partition coefficient (Wildman–Crippen LogP) is 8.47. The van der Waals surface area contributed by atoms with Crippen molar-refractivity contribution in [3.05, 3.63) is 62.8 Å². The number of carbonyl (C=O) groups is 2. The van der Waals surface area contributed by atoms with E-state index in [4.69, 9.17) is 14.2 Å². The van der Waals surface area contributed by atoms with Gasteiger partial charge in [-0.15, -0.1) is 0 Å². The summed E-state index contributed by atoms with van der Waals surface area (Å²) in [6.45, 7) is 13.4. The number of amides is 2. The third kappa shape index (κ3) is 15.1. The highest BCUT2D eigenvalue weighted by molar-refractivity contribution is 9.10. The number of ether oxygens (including phenoxy) is 3. The topological polar surface area (TPSA) is 88.5 Å². The van der Waals surface area contributed by atoms with Crippen molar-refractivity contribution in [2.45, 2.75) is 90.6 Å². The zero-order valence-corrected chi connectivity index (χ0v) is 29.7. The van der Waals surface area contributed by atoms with E-state index < -0.39 is 22.8 Å². The molecule has 2 fully saturated rings. The van der Waals surface area contributed by atoms with Gasteiger partial charge in [-0.3, -0.25) is 0 Å². The van der Waals surface area contributed by atoms with Crippen LogP contribution in [0.4, 0.5) is 22.8 Å². The zero-order chi connectivity index (χ0) is 33.9. The molecule has 8 nitrogen and oxygen atoms in total. The fraction of sp³-hybridized carbons (Fsp3) is 0.562. The van der Waals surface area contributed by atoms with E-state index in [1.165, 1.54) is 24.3 Å². The second-order valence-corrected chi connectivity index (χ2v) is 14.3. The highest BCUT2D eigenvalue weighted by atomic mass is 79.9. The molecule has 2 saturated heterocycles. The summed E-state index contributed by atoms with van der Waals surface area (Å²) >= 11 is 6.24. The van der Waals surface area contributed by atoms with Gasteiger partial charge in [-0.25, -0.2) is 22.8 Å². The molecular weight excluding hydrogens is 725 g/mol. The minimum atomic E-state index is -0.574. The lowest BCUT2D eigenvalue weighted by Gasteiger charge is -2.33. The van der Waals surface area contributed by atoms with Crippen molar-refractivity contribution in [1.82, 2.24) is 9.80 Å². The normalized spacial score (nSPS) is 16.1. The van der Waals surface area contributed by atoms with E-state index >= 15 is 0 Å². The number of halogens is 5. The molecule has 0 bridgehead atoms. The van der Waals surface area contributed by atoms with E-state index in [0.717, 1.165) is 10.5 Å². The molecule has 0 aliphatic carbocycles. The molecule has 13 heteroatoms. The molecule has 2 aliphatic heterocycles. The Bertz CT molecular complexity index is 1260. The molecule has 252 valence electrons. The monoisotopic (exact) mass is 766 g/mol. The standard InChI is InChI=1S/C16H21BrFNO3.C10H19NO3.C6H3BrF2/c1-16(2,3)22-15(20)19-8-6-12(7-9-19)21-14-10-11(18)4-5-13(14)17;1-10(2,3)14-9(13)11-6-4-8(12)5-7-11;7-5-2-1-4(8)3-6(5)9/h4-5,10,12H,6-9H2,1-3H3;8,12H,4-7H2,1-3H3;1-3H. The number of likely N-dealkylation sites (tertiary alicyclic amines) is 2. The van der Waals surface area contributed by atoms with E-state index in [2.05, 4.69) is 31.9 Å². The van der Waals surface area contributed by atoms with Crippen molar-refractivity contribution in [2.75, 3.05) is 26.2 Å². The van der Waals surface area contributed by atoms with Crippen molar-refractivity contribution >= 4 is 44.0 Å². The van der Waals surface area contributed by atoms with Gasteiger partial charge in [0.1, 0.15) is 40.5 Å². The van der Waals surface area contributed by atoms with E-state index in [1.807, 2.05) is 41.5 Å². The maximum atomic E-state index is 13.3. The molecule has 2 aromatic carbocycles. The molecule has 1 N–H and O–H groups in total. The van der Waals surface area contributed by atoms with Crippen LogP contribution in [0.5, 0.6) is 5.75 Å². The number of hydrogen-bond donors (Lipinski definition) is 1. The molecule has 0 aromatic heterocycles. The van der Waals surface area contributed by atoms with Gasteiger partial charge in [0, 0.05) is 51.2 Å². The maximum Gasteiger partial charge on any atom is 0.410 e. The molecule has 0 unspecified atom stereocenters. The molecule has 4 rings (SSSR count). The number of rotatable bonds is 2. The fourth-order valence-corrected chi connectivity index (χ4v) is 4.66. The van der Waals surface area contributed by atoms with Crippen LogP contribution in [0.25, 0.3) is 0 Å². The third-order valence-electron chi connectivity index (χ3n) is 6.28. The molecule has 2 heterocycles. The molecule has 2 aliphatic rings. The maximum absolute atomic E-state index is 13.3. The first-order valence-corrected chi connectivity index (χ1v) is 16.3. The lowest BCUT2D eigenvalue weighted by molar-refractivity contribution is 0.00958. The first-order chi connectivity index (χ1) is 20.8. The third-order valence-corrected chi connectivity index (χ3v) is 7.58. The molecule has 0 saturated carbocycles. The Morgan fingerprint density at radius 2 is 1.16 bits per heavy atom. The summed E-state index contributed by atoms with van der Waals surface area (Å²) < 4.78 is 55.0. The molecule has 2 amide bonds. The van der Waals surface area contributed by atoms with Crippen LogP contribution in [-0.4, -0.2) is 76.7 Å².